The number of rotatable bonds is 4. The van der Waals surface area contributed by atoms with E-state index in [1.54, 1.807) is 17.5 Å². The normalized spacial score (nSPS) is 10.2. The lowest BCUT2D eigenvalue weighted by Crippen LogP contribution is -2.10. The van der Waals surface area contributed by atoms with Gasteiger partial charge in [-0.15, -0.1) is 11.3 Å². The molecule has 3 N–H and O–H groups in total. The Bertz CT molecular complexity index is 517. The molecule has 2 aromatic heterocycles. The van der Waals surface area contributed by atoms with Crippen molar-refractivity contribution in [1.29, 1.82) is 0 Å². The van der Waals surface area contributed by atoms with Crippen LogP contribution in [0.15, 0.2) is 30.5 Å². The maximum Gasteiger partial charge on any atom is 0.126 e. The van der Waals surface area contributed by atoms with E-state index >= 15 is 0 Å². The van der Waals surface area contributed by atoms with E-state index in [0.29, 0.717) is 4.99 Å². The zero-order chi connectivity index (χ0) is 12.3. The van der Waals surface area contributed by atoms with Crippen LogP contribution in [0.3, 0.4) is 0 Å². The largest absolute Gasteiger partial charge is 0.389 e. The number of pyridine rings is 1. The number of nitrogens with zero attached hydrogens (tertiary/aromatic N) is 1. The van der Waals surface area contributed by atoms with Gasteiger partial charge < -0.3 is 11.1 Å². The third-order valence-corrected chi connectivity index (χ3v) is 3.52. The molecule has 0 atom stereocenters. The number of anilines is 1. The lowest BCUT2D eigenvalue weighted by atomic mass is 10.3. The molecule has 0 saturated carbocycles. The maximum atomic E-state index is 5.50. The summed E-state index contributed by atoms with van der Waals surface area (Å²) in [6.07, 6.45) is 1.68. The summed E-state index contributed by atoms with van der Waals surface area (Å²) in [7, 11) is 0. The fourth-order valence-corrected chi connectivity index (χ4v) is 2.35. The second-order valence-corrected chi connectivity index (χ2v) is 5.47. The maximum absolute atomic E-state index is 5.50. The van der Waals surface area contributed by atoms with Crippen LogP contribution < -0.4 is 11.1 Å². The molecule has 0 spiro atoms. The summed E-state index contributed by atoms with van der Waals surface area (Å²) in [5.74, 6) is 0.830. The summed E-state index contributed by atoms with van der Waals surface area (Å²) < 4.78 is 0. The van der Waals surface area contributed by atoms with Crippen LogP contribution in [-0.4, -0.2) is 9.97 Å². The fourth-order valence-electron chi connectivity index (χ4n) is 1.40. The molecule has 2 heterocycles. The Kier molecular flexibility index (Phi) is 3.71. The molecule has 0 aliphatic heterocycles. The fraction of sp³-hybridized carbons (Fsp3) is 0.167. The summed E-state index contributed by atoms with van der Waals surface area (Å²) in [6, 6.07) is 7.99. The Hall–Kier alpha value is -1.46. The van der Waals surface area contributed by atoms with Gasteiger partial charge in [0.2, 0.25) is 0 Å². The van der Waals surface area contributed by atoms with E-state index in [1.165, 1.54) is 9.75 Å². The van der Waals surface area contributed by atoms with Crippen LogP contribution in [-0.2, 0) is 6.54 Å². The van der Waals surface area contributed by atoms with E-state index in [1.807, 2.05) is 12.1 Å². The van der Waals surface area contributed by atoms with Gasteiger partial charge in [-0.05, 0) is 31.2 Å². The van der Waals surface area contributed by atoms with E-state index < -0.39 is 0 Å². The Balaban J connectivity index is 1.97. The summed E-state index contributed by atoms with van der Waals surface area (Å²) in [4.78, 5) is 7.23. The smallest absolute Gasteiger partial charge is 0.126 e. The quantitative estimate of drug-likeness (QED) is 0.833. The Morgan fingerprint density at radius 2 is 2.24 bits per heavy atom. The van der Waals surface area contributed by atoms with Crippen molar-refractivity contribution in [3.8, 4) is 0 Å². The molecule has 0 bridgehead atoms. The van der Waals surface area contributed by atoms with Gasteiger partial charge in [-0.25, -0.2) is 4.98 Å². The number of thiophene rings is 1. The van der Waals surface area contributed by atoms with Crippen LogP contribution in [0.2, 0.25) is 0 Å². The van der Waals surface area contributed by atoms with Crippen LogP contribution >= 0.6 is 23.6 Å². The minimum Gasteiger partial charge on any atom is -0.389 e. The van der Waals surface area contributed by atoms with Crippen LogP contribution in [0, 0.1) is 6.92 Å². The van der Waals surface area contributed by atoms with Crippen molar-refractivity contribution in [3.05, 3.63) is 45.8 Å². The Morgan fingerprint density at radius 1 is 1.41 bits per heavy atom. The van der Waals surface area contributed by atoms with Crippen molar-refractivity contribution >= 4 is 34.4 Å². The topological polar surface area (TPSA) is 50.9 Å². The van der Waals surface area contributed by atoms with Crippen molar-refractivity contribution in [1.82, 2.24) is 4.98 Å². The monoisotopic (exact) mass is 263 g/mol. The van der Waals surface area contributed by atoms with Gasteiger partial charge in [0.05, 0.1) is 6.54 Å². The van der Waals surface area contributed by atoms with Crippen LogP contribution in [0.25, 0.3) is 0 Å². The van der Waals surface area contributed by atoms with Gasteiger partial charge in [0, 0.05) is 21.5 Å². The molecular formula is C12H13N3S2. The minimum atomic E-state index is 0.373. The number of hydrogen-bond acceptors (Lipinski definition) is 4. The molecule has 0 saturated heterocycles. The molecule has 5 heteroatoms. The predicted octanol–water partition coefficient (Wildman–Crippen LogP) is 2.70. The van der Waals surface area contributed by atoms with E-state index in [0.717, 1.165) is 17.9 Å². The van der Waals surface area contributed by atoms with Gasteiger partial charge in [0.25, 0.3) is 0 Å². The number of aryl methyl sites for hydroxylation is 1. The highest BCUT2D eigenvalue weighted by Gasteiger charge is 1.99. The van der Waals surface area contributed by atoms with Gasteiger partial charge in [-0.3, -0.25) is 0 Å². The average molecular weight is 263 g/mol. The van der Waals surface area contributed by atoms with E-state index in [2.05, 4.69) is 29.4 Å². The van der Waals surface area contributed by atoms with Crippen LogP contribution in [0.1, 0.15) is 15.3 Å². The average Bonchev–Trinajstić information content (AvgIpc) is 2.73. The zero-order valence-corrected chi connectivity index (χ0v) is 11.1. The molecule has 0 aromatic carbocycles. The van der Waals surface area contributed by atoms with Crippen molar-refractivity contribution < 1.29 is 0 Å². The Labute approximate surface area is 110 Å². The van der Waals surface area contributed by atoms with Gasteiger partial charge >= 0.3 is 0 Å². The first-order valence-electron chi connectivity index (χ1n) is 5.20. The van der Waals surface area contributed by atoms with Gasteiger partial charge in [0.15, 0.2) is 0 Å². The van der Waals surface area contributed by atoms with Crippen LogP contribution in [0.5, 0.6) is 0 Å². The number of aromatic nitrogens is 1. The highest BCUT2D eigenvalue weighted by molar-refractivity contribution is 7.80. The van der Waals surface area contributed by atoms with E-state index in [-0.39, 0.29) is 0 Å². The van der Waals surface area contributed by atoms with Crippen molar-refractivity contribution in [2.24, 2.45) is 5.73 Å². The molecule has 0 aliphatic rings. The summed E-state index contributed by atoms with van der Waals surface area (Å²) in [5.41, 5.74) is 6.29. The van der Waals surface area contributed by atoms with Crippen LogP contribution in [0.4, 0.5) is 5.82 Å². The standard InChI is InChI=1S/C12H13N3S2/c1-8-2-4-10(17-8)7-15-11-5-3-9(6-14-11)12(13)16/h2-6H,7H2,1H3,(H2,13,16)(H,14,15). The number of thiocarbonyl (C=S) groups is 1. The zero-order valence-electron chi connectivity index (χ0n) is 9.43. The SMILES string of the molecule is Cc1ccc(CNc2ccc(C(N)=S)cn2)s1. The Morgan fingerprint density at radius 3 is 2.76 bits per heavy atom. The van der Waals surface area contributed by atoms with E-state index in [9.17, 15) is 0 Å². The highest BCUT2D eigenvalue weighted by atomic mass is 32.1. The molecule has 0 fully saturated rings. The van der Waals surface area contributed by atoms with Gasteiger partial charge in [-0.1, -0.05) is 12.2 Å². The molecule has 2 rings (SSSR count). The molecule has 0 aliphatic carbocycles. The summed E-state index contributed by atoms with van der Waals surface area (Å²) in [6.45, 7) is 2.89. The first kappa shape index (κ1) is 12.0. The lowest BCUT2D eigenvalue weighted by Gasteiger charge is -2.04. The second kappa shape index (κ2) is 5.25. The molecule has 17 heavy (non-hydrogen) atoms. The van der Waals surface area contributed by atoms with E-state index in [4.69, 9.17) is 18.0 Å². The molecule has 0 radical (unpaired) electrons. The summed E-state index contributed by atoms with van der Waals surface area (Å²) in [5, 5.41) is 3.26. The molecule has 88 valence electrons. The molecule has 0 amide bonds. The lowest BCUT2D eigenvalue weighted by molar-refractivity contribution is 1.14. The second-order valence-electron chi connectivity index (χ2n) is 3.66. The number of nitrogens with two attached hydrogens (primary N) is 1. The minimum absolute atomic E-state index is 0.373. The first-order chi connectivity index (χ1) is 8.15. The third kappa shape index (κ3) is 3.25. The highest BCUT2D eigenvalue weighted by Crippen LogP contribution is 2.16. The molecule has 2 aromatic rings. The van der Waals surface area contributed by atoms with Gasteiger partial charge in [-0.2, -0.15) is 0 Å². The molecule has 3 nitrogen and oxygen atoms in total. The molecule has 0 unspecified atom stereocenters. The van der Waals surface area contributed by atoms with Crippen molar-refractivity contribution in [2.45, 2.75) is 13.5 Å². The predicted molar refractivity (Wildman–Crippen MR) is 76.5 cm³/mol. The number of nitrogens with one attached hydrogen (secondary N) is 1. The first-order valence-corrected chi connectivity index (χ1v) is 6.42. The van der Waals surface area contributed by atoms with Crippen molar-refractivity contribution in [3.63, 3.8) is 0 Å². The van der Waals surface area contributed by atoms with Crippen molar-refractivity contribution in [2.75, 3.05) is 5.32 Å². The third-order valence-electron chi connectivity index (χ3n) is 2.29. The molecular weight excluding hydrogens is 250 g/mol. The van der Waals surface area contributed by atoms with Gasteiger partial charge in [0.1, 0.15) is 10.8 Å². The summed E-state index contributed by atoms with van der Waals surface area (Å²) >= 11 is 6.65. The number of hydrogen-bond donors (Lipinski definition) is 2.